The van der Waals surface area contributed by atoms with Crippen LogP contribution >= 0.6 is 0 Å². The van der Waals surface area contributed by atoms with Gasteiger partial charge in [0.15, 0.2) is 0 Å². The van der Waals surface area contributed by atoms with Gasteiger partial charge in [-0.05, 0) is 24.6 Å². The van der Waals surface area contributed by atoms with E-state index in [-0.39, 0.29) is 6.03 Å². The summed E-state index contributed by atoms with van der Waals surface area (Å²) in [4.78, 5) is 26.5. The van der Waals surface area contributed by atoms with Crippen LogP contribution in [0.1, 0.15) is 28.9 Å². The summed E-state index contributed by atoms with van der Waals surface area (Å²) in [5.74, 6) is -0.461. The van der Waals surface area contributed by atoms with Crippen molar-refractivity contribution >= 4 is 12.0 Å². The van der Waals surface area contributed by atoms with Gasteiger partial charge in [-0.1, -0.05) is 12.1 Å². The Hall–Kier alpha value is -2.81. The fraction of sp³-hybridized carbons (Fsp3) is 0.214. The molecule has 1 aliphatic rings. The summed E-state index contributed by atoms with van der Waals surface area (Å²) in [5, 5.41) is 5.23. The van der Waals surface area contributed by atoms with Crippen LogP contribution in [-0.2, 0) is 4.74 Å². The van der Waals surface area contributed by atoms with Crippen LogP contribution in [0.5, 0.6) is 0 Å². The van der Waals surface area contributed by atoms with Crippen molar-refractivity contribution in [2.45, 2.75) is 13.0 Å². The molecule has 0 fully saturated rings. The largest absolute Gasteiger partial charge is 0.465 e. The Bertz CT molecular complexity index is 643. The van der Waals surface area contributed by atoms with Crippen molar-refractivity contribution in [3.8, 4) is 0 Å². The first kappa shape index (κ1) is 13.6. The predicted octanol–water partition coefficient (Wildman–Crippen LogP) is 1.98. The summed E-state index contributed by atoms with van der Waals surface area (Å²) >= 11 is 0. The van der Waals surface area contributed by atoms with Crippen LogP contribution < -0.4 is 10.6 Å². The summed E-state index contributed by atoms with van der Waals surface area (Å²) in [6, 6.07) is 5.73. The van der Waals surface area contributed by atoms with Crippen LogP contribution in [-0.4, -0.2) is 19.1 Å². The van der Waals surface area contributed by atoms with E-state index in [1.807, 2.05) is 0 Å². The van der Waals surface area contributed by atoms with Crippen LogP contribution in [0.25, 0.3) is 4.85 Å². The molecule has 0 aromatic heterocycles. The highest BCUT2D eigenvalue weighted by Crippen LogP contribution is 2.27. The number of methoxy groups -OCH3 is 1. The Morgan fingerprint density at radius 2 is 2.20 bits per heavy atom. The Labute approximate surface area is 116 Å². The van der Waals surface area contributed by atoms with Crippen LogP contribution in [0, 0.1) is 6.57 Å². The lowest BCUT2D eigenvalue weighted by atomic mass is 9.99. The number of urea groups is 1. The SMILES string of the molecule is [C-]#[N+]C1=C(C)NC(=O)NC1c1cccc(C(=O)OC)c1. The Morgan fingerprint density at radius 1 is 1.45 bits per heavy atom. The van der Waals surface area contributed by atoms with Crippen molar-refractivity contribution in [3.05, 3.63) is 58.2 Å². The third-order valence-electron chi connectivity index (χ3n) is 3.00. The summed E-state index contributed by atoms with van der Waals surface area (Å²) in [6.07, 6.45) is 0. The first-order chi connectivity index (χ1) is 9.56. The first-order valence-corrected chi connectivity index (χ1v) is 5.91. The van der Waals surface area contributed by atoms with Crippen LogP contribution in [0.3, 0.4) is 0 Å². The third kappa shape index (κ3) is 2.47. The molecule has 0 spiro atoms. The molecule has 0 saturated carbocycles. The van der Waals surface area contributed by atoms with E-state index in [9.17, 15) is 9.59 Å². The van der Waals surface area contributed by atoms with Gasteiger partial charge in [-0.2, -0.15) is 0 Å². The molecule has 2 rings (SSSR count). The van der Waals surface area contributed by atoms with Crippen molar-refractivity contribution < 1.29 is 14.3 Å². The molecule has 2 N–H and O–H groups in total. The fourth-order valence-electron chi connectivity index (χ4n) is 2.04. The van der Waals surface area contributed by atoms with E-state index >= 15 is 0 Å². The molecule has 1 atom stereocenters. The van der Waals surface area contributed by atoms with E-state index in [0.29, 0.717) is 22.5 Å². The quantitative estimate of drug-likeness (QED) is 0.638. The second-order valence-electron chi connectivity index (χ2n) is 4.27. The molecule has 1 aromatic carbocycles. The normalized spacial score (nSPS) is 17.9. The van der Waals surface area contributed by atoms with Gasteiger partial charge in [0.25, 0.3) is 0 Å². The van der Waals surface area contributed by atoms with E-state index in [1.54, 1.807) is 31.2 Å². The zero-order valence-electron chi connectivity index (χ0n) is 11.1. The highest BCUT2D eigenvalue weighted by Gasteiger charge is 2.27. The van der Waals surface area contributed by atoms with Gasteiger partial charge in [0, 0.05) is 5.70 Å². The predicted molar refractivity (Wildman–Crippen MR) is 71.5 cm³/mol. The number of hydrogen-bond donors (Lipinski definition) is 2. The monoisotopic (exact) mass is 271 g/mol. The minimum atomic E-state index is -0.564. The maximum Gasteiger partial charge on any atom is 0.337 e. The fourth-order valence-corrected chi connectivity index (χ4v) is 2.04. The molecule has 1 aliphatic heterocycles. The van der Waals surface area contributed by atoms with E-state index < -0.39 is 12.0 Å². The van der Waals surface area contributed by atoms with Gasteiger partial charge in [-0.3, -0.25) is 0 Å². The molecule has 20 heavy (non-hydrogen) atoms. The van der Waals surface area contributed by atoms with Crippen molar-refractivity contribution in [1.82, 2.24) is 10.6 Å². The number of allylic oxidation sites excluding steroid dienone is 1. The lowest BCUT2D eigenvalue weighted by molar-refractivity contribution is 0.0600. The molecule has 0 radical (unpaired) electrons. The molecule has 2 amide bonds. The maximum absolute atomic E-state index is 11.5. The number of carbonyl (C=O) groups is 2. The van der Waals surface area contributed by atoms with Gasteiger partial charge >= 0.3 is 12.0 Å². The summed E-state index contributed by atoms with van der Waals surface area (Å²) in [5.41, 5.74) is 1.94. The van der Waals surface area contributed by atoms with Crippen molar-refractivity contribution in [1.29, 1.82) is 0 Å². The smallest absolute Gasteiger partial charge is 0.337 e. The summed E-state index contributed by atoms with van der Waals surface area (Å²) < 4.78 is 4.66. The highest BCUT2D eigenvalue weighted by atomic mass is 16.5. The zero-order valence-corrected chi connectivity index (χ0v) is 11.1. The average Bonchev–Trinajstić information content (AvgIpc) is 2.45. The second-order valence-corrected chi connectivity index (χ2v) is 4.27. The summed E-state index contributed by atoms with van der Waals surface area (Å²) in [6.45, 7) is 8.90. The lowest BCUT2D eigenvalue weighted by Crippen LogP contribution is -2.42. The van der Waals surface area contributed by atoms with Gasteiger partial charge < -0.3 is 15.4 Å². The van der Waals surface area contributed by atoms with Crippen molar-refractivity contribution in [3.63, 3.8) is 0 Å². The van der Waals surface area contributed by atoms with Crippen molar-refractivity contribution in [2.75, 3.05) is 7.11 Å². The molecule has 102 valence electrons. The number of hydrogen-bond acceptors (Lipinski definition) is 3. The molecule has 6 nitrogen and oxygen atoms in total. The first-order valence-electron chi connectivity index (χ1n) is 5.91. The van der Waals surface area contributed by atoms with Crippen LogP contribution in [0.15, 0.2) is 35.7 Å². The average molecular weight is 271 g/mol. The molecule has 0 saturated heterocycles. The number of ether oxygens (including phenoxy) is 1. The molecule has 6 heteroatoms. The maximum atomic E-state index is 11.5. The molecule has 0 bridgehead atoms. The van der Waals surface area contributed by atoms with Gasteiger partial charge in [0.05, 0.1) is 25.3 Å². The molecule has 1 unspecified atom stereocenters. The van der Waals surface area contributed by atoms with Crippen LogP contribution in [0.4, 0.5) is 4.79 Å². The molecule has 0 aliphatic carbocycles. The van der Waals surface area contributed by atoms with Gasteiger partial charge in [-0.15, -0.1) is 0 Å². The minimum absolute atomic E-state index is 0.372. The number of amides is 2. The van der Waals surface area contributed by atoms with E-state index in [1.165, 1.54) is 7.11 Å². The number of benzene rings is 1. The minimum Gasteiger partial charge on any atom is -0.465 e. The van der Waals surface area contributed by atoms with Crippen LogP contribution in [0.2, 0.25) is 0 Å². The topological polar surface area (TPSA) is 71.8 Å². The van der Waals surface area contributed by atoms with Crippen molar-refractivity contribution in [2.24, 2.45) is 0 Å². The summed E-state index contributed by atoms with van der Waals surface area (Å²) in [7, 11) is 1.30. The lowest BCUT2D eigenvalue weighted by Gasteiger charge is -2.25. The van der Waals surface area contributed by atoms with Gasteiger partial charge in [0.2, 0.25) is 5.70 Å². The Morgan fingerprint density at radius 3 is 2.85 bits per heavy atom. The third-order valence-corrected chi connectivity index (χ3v) is 3.00. The van der Waals surface area contributed by atoms with E-state index in [2.05, 4.69) is 20.2 Å². The van der Waals surface area contributed by atoms with E-state index in [0.717, 1.165) is 0 Å². The highest BCUT2D eigenvalue weighted by molar-refractivity contribution is 5.89. The number of carbonyl (C=O) groups excluding carboxylic acids is 2. The van der Waals surface area contributed by atoms with Gasteiger partial charge in [0.1, 0.15) is 0 Å². The standard InChI is InChI=1S/C14H13N3O3/c1-8-11(15-2)12(17-14(19)16-8)9-5-4-6-10(7-9)13(18)20-3/h4-7,12H,1,3H3,(H2,16,17,19). The zero-order chi connectivity index (χ0) is 14.7. The van der Waals surface area contributed by atoms with E-state index in [4.69, 9.17) is 6.57 Å². The second kappa shape index (κ2) is 5.45. The molecule has 1 aromatic rings. The molecular weight excluding hydrogens is 258 g/mol. The Kier molecular flexibility index (Phi) is 3.71. The Balaban J connectivity index is 2.45. The van der Waals surface area contributed by atoms with Gasteiger partial charge in [-0.25, -0.2) is 14.4 Å². The number of nitrogens with zero attached hydrogens (tertiary/aromatic N) is 1. The molecular formula is C14H13N3O3. The number of nitrogens with one attached hydrogen (secondary N) is 2. The number of rotatable bonds is 2. The number of esters is 1. The molecule has 1 heterocycles.